The van der Waals surface area contributed by atoms with Crippen LogP contribution in [0.5, 0.6) is 0 Å². The van der Waals surface area contributed by atoms with Gasteiger partial charge in [-0.05, 0) is 18.4 Å². The number of rotatable bonds is 2. The number of alkyl halides is 3. The molecular weight excluding hydrogens is 348 g/mol. The van der Waals surface area contributed by atoms with Gasteiger partial charge in [0, 0.05) is 11.0 Å². The monoisotopic (exact) mass is 354 g/mol. The number of halogens is 5. The van der Waals surface area contributed by atoms with Crippen molar-refractivity contribution in [1.82, 2.24) is 9.55 Å². The van der Waals surface area contributed by atoms with Crippen molar-refractivity contribution in [2.24, 2.45) is 0 Å². The van der Waals surface area contributed by atoms with E-state index < -0.39 is 17.4 Å². The zero-order chi connectivity index (χ0) is 15.8. The number of aromatic nitrogens is 2. The highest BCUT2D eigenvalue weighted by atomic mass is 35.5. The molecular formula is C12H7Cl2F3N2OS. The number of hydrogen-bond donors (Lipinski definition) is 0. The Morgan fingerprint density at radius 3 is 2.19 bits per heavy atom. The average Bonchev–Trinajstić information content (AvgIpc) is 2.38. The molecule has 2 rings (SSSR count). The highest BCUT2D eigenvalue weighted by molar-refractivity contribution is 7.98. The maximum Gasteiger partial charge on any atom is 0.433 e. The van der Waals surface area contributed by atoms with E-state index >= 15 is 0 Å². The van der Waals surface area contributed by atoms with Crippen molar-refractivity contribution >= 4 is 35.0 Å². The normalized spacial score (nSPS) is 11.7. The van der Waals surface area contributed by atoms with E-state index in [0.29, 0.717) is 6.07 Å². The Morgan fingerprint density at radius 2 is 1.76 bits per heavy atom. The molecule has 0 N–H and O–H groups in total. The van der Waals surface area contributed by atoms with Gasteiger partial charge in [-0.15, -0.1) is 11.8 Å². The van der Waals surface area contributed by atoms with Crippen LogP contribution in [-0.4, -0.2) is 15.8 Å². The van der Waals surface area contributed by atoms with Crippen LogP contribution in [-0.2, 0) is 6.18 Å². The smallest absolute Gasteiger partial charge is 0.269 e. The molecule has 0 saturated heterocycles. The zero-order valence-electron chi connectivity index (χ0n) is 10.4. The summed E-state index contributed by atoms with van der Waals surface area (Å²) in [5.41, 5.74) is -2.09. The summed E-state index contributed by atoms with van der Waals surface area (Å²) in [4.78, 5) is 15.8. The first kappa shape index (κ1) is 16.2. The minimum atomic E-state index is -4.69. The second-order valence-electron chi connectivity index (χ2n) is 3.92. The molecule has 0 fully saturated rings. The molecule has 21 heavy (non-hydrogen) atoms. The Morgan fingerprint density at radius 1 is 1.19 bits per heavy atom. The van der Waals surface area contributed by atoms with Crippen molar-refractivity contribution in [2.45, 2.75) is 11.1 Å². The first-order valence-electron chi connectivity index (χ1n) is 5.43. The number of hydrogen-bond acceptors (Lipinski definition) is 3. The van der Waals surface area contributed by atoms with Crippen molar-refractivity contribution in [3.63, 3.8) is 0 Å². The van der Waals surface area contributed by atoms with E-state index in [-0.39, 0.29) is 15.7 Å². The molecule has 9 heteroatoms. The summed E-state index contributed by atoms with van der Waals surface area (Å²) in [6.45, 7) is 0. The Labute approximate surface area is 131 Å². The van der Waals surface area contributed by atoms with E-state index in [9.17, 15) is 18.0 Å². The van der Waals surface area contributed by atoms with Gasteiger partial charge in [0.25, 0.3) is 5.56 Å². The van der Waals surface area contributed by atoms with Gasteiger partial charge < -0.3 is 0 Å². The number of benzene rings is 1. The fourth-order valence-corrected chi connectivity index (χ4v) is 2.88. The minimum Gasteiger partial charge on any atom is -0.269 e. The molecule has 1 aromatic heterocycles. The zero-order valence-corrected chi connectivity index (χ0v) is 12.7. The lowest BCUT2D eigenvalue weighted by Crippen LogP contribution is -2.22. The van der Waals surface area contributed by atoms with Gasteiger partial charge in [-0.1, -0.05) is 23.2 Å². The van der Waals surface area contributed by atoms with Crippen LogP contribution in [0.3, 0.4) is 0 Å². The van der Waals surface area contributed by atoms with Crippen LogP contribution in [0.4, 0.5) is 13.2 Å². The molecule has 0 saturated carbocycles. The van der Waals surface area contributed by atoms with Gasteiger partial charge in [-0.3, -0.25) is 9.36 Å². The van der Waals surface area contributed by atoms with Gasteiger partial charge in [-0.25, -0.2) is 4.98 Å². The summed E-state index contributed by atoms with van der Waals surface area (Å²) in [7, 11) is 0. The second-order valence-corrected chi connectivity index (χ2v) is 5.61. The molecule has 3 nitrogen and oxygen atoms in total. The topological polar surface area (TPSA) is 34.9 Å². The summed E-state index contributed by atoms with van der Waals surface area (Å²) in [5, 5.41) is 0.297. The van der Waals surface area contributed by atoms with E-state index in [2.05, 4.69) is 4.98 Å². The number of thioether (sulfide) groups is 1. The first-order valence-corrected chi connectivity index (χ1v) is 7.41. The lowest BCUT2D eigenvalue weighted by Gasteiger charge is -2.12. The molecule has 1 heterocycles. The summed E-state index contributed by atoms with van der Waals surface area (Å²) in [5.74, 6) is 0. The van der Waals surface area contributed by atoms with Crippen molar-refractivity contribution in [3.05, 3.63) is 50.6 Å². The minimum absolute atomic E-state index is 0.0994. The third-order valence-electron chi connectivity index (χ3n) is 2.57. The predicted octanol–water partition coefficient (Wildman–Crippen LogP) is 4.28. The molecule has 0 atom stereocenters. The molecule has 0 spiro atoms. The molecule has 0 aliphatic heterocycles. The Kier molecular flexibility index (Phi) is 4.55. The van der Waals surface area contributed by atoms with Gasteiger partial charge in [0.1, 0.15) is 6.33 Å². The molecule has 0 radical (unpaired) electrons. The Balaban J connectivity index is 2.61. The summed E-state index contributed by atoms with van der Waals surface area (Å²) < 4.78 is 38.4. The fourth-order valence-electron chi connectivity index (χ4n) is 1.61. The molecule has 0 amide bonds. The van der Waals surface area contributed by atoms with E-state index in [0.717, 1.165) is 15.8 Å². The molecule has 2 aromatic rings. The quantitative estimate of drug-likeness (QED) is 0.755. The van der Waals surface area contributed by atoms with Crippen LogP contribution in [0.25, 0.3) is 5.69 Å². The average molecular weight is 355 g/mol. The van der Waals surface area contributed by atoms with Crippen LogP contribution in [0.1, 0.15) is 5.69 Å². The van der Waals surface area contributed by atoms with Crippen molar-refractivity contribution in [1.29, 1.82) is 0 Å². The summed E-state index contributed by atoms with van der Waals surface area (Å²) in [6, 6.07) is 3.53. The molecule has 1 aromatic carbocycles. The van der Waals surface area contributed by atoms with Crippen molar-refractivity contribution in [3.8, 4) is 5.69 Å². The van der Waals surface area contributed by atoms with Crippen LogP contribution < -0.4 is 5.56 Å². The van der Waals surface area contributed by atoms with Gasteiger partial charge >= 0.3 is 6.18 Å². The standard InChI is InChI=1S/C12H7Cl2F3N2OS/c1-21-6-2-7(13)11(8(14)3-6)19-5-18-9(4-10(19)20)12(15,16)17/h2-5H,1H3. The van der Waals surface area contributed by atoms with E-state index in [1.165, 1.54) is 11.8 Å². The van der Waals surface area contributed by atoms with Gasteiger partial charge in [0.2, 0.25) is 0 Å². The van der Waals surface area contributed by atoms with Gasteiger partial charge in [-0.2, -0.15) is 13.2 Å². The van der Waals surface area contributed by atoms with Gasteiger partial charge in [0.15, 0.2) is 5.69 Å². The Hall–Kier alpha value is -1.18. The van der Waals surface area contributed by atoms with Crippen LogP contribution >= 0.6 is 35.0 Å². The molecule has 0 unspecified atom stereocenters. The molecule has 0 aliphatic rings. The van der Waals surface area contributed by atoms with Crippen LogP contribution in [0.2, 0.25) is 10.0 Å². The Bertz CT molecular complexity index is 723. The predicted molar refractivity (Wildman–Crippen MR) is 76.6 cm³/mol. The first-order chi connectivity index (χ1) is 9.74. The molecule has 112 valence electrons. The lowest BCUT2D eigenvalue weighted by atomic mass is 10.3. The summed E-state index contributed by atoms with van der Waals surface area (Å²) >= 11 is 13.5. The van der Waals surface area contributed by atoms with E-state index in [4.69, 9.17) is 23.2 Å². The van der Waals surface area contributed by atoms with Crippen LogP contribution in [0, 0.1) is 0 Å². The lowest BCUT2D eigenvalue weighted by molar-refractivity contribution is -0.141. The highest BCUT2D eigenvalue weighted by Crippen LogP contribution is 2.33. The summed E-state index contributed by atoms with van der Waals surface area (Å²) in [6.07, 6.45) is -2.11. The van der Waals surface area contributed by atoms with Crippen molar-refractivity contribution < 1.29 is 13.2 Å². The van der Waals surface area contributed by atoms with E-state index in [1.54, 1.807) is 12.1 Å². The molecule has 0 bridgehead atoms. The second kappa shape index (κ2) is 5.90. The van der Waals surface area contributed by atoms with Gasteiger partial charge in [0.05, 0.1) is 15.7 Å². The largest absolute Gasteiger partial charge is 0.433 e. The van der Waals surface area contributed by atoms with Crippen LogP contribution in [0.15, 0.2) is 34.2 Å². The van der Waals surface area contributed by atoms with Crippen molar-refractivity contribution in [2.75, 3.05) is 6.26 Å². The number of nitrogens with zero attached hydrogens (tertiary/aromatic N) is 2. The highest BCUT2D eigenvalue weighted by Gasteiger charge is 2.33. The maximum absolute atomic E-state index is 12.5. The maximum atomic E-state index is 12.5. The molecule has 0 aliphatic carbocycles. The van der Waals surface area contributed by atoms with E-state index in [1.807, 2.05) is 6.26 Å². The third kappa shape index (κ3) is 3.36. The fraction of sp³-hybridized carbons (Fsp3) is 0.167. The third-order valence-corrected chi connectivity index (χ3v) is 3.85. The SMILES string of the molecule is CSc1cc(Cl)c(-n2cnc(C(F)(F)F)cc2=O)c(Cl)c1.